The first-order valence-electron chi connectivity index (χ1n) is 5.32. The van der Waals surface area contributed by atoms with Gasteiger partial charge in [0.05, 0.1) is 16.4 Å². The maximum atomic E-state index is 12.1. The maximum absolute atomic E-state index is 12.1. The number of carbonyl (C=O) groups excluding carboxylic acids is 1. The van der Waals surface area contributed by atoms with Crippen LogP contribution in [0.2, 0.25) is 10.0 Å². The van der Waals surface area contributed by atoms with Crippen molar-refractivity contribution in [2.45, 2.75) is 13.8 Å². The molecule has 1 heterocycles. The first kappa shape index (κ1) is 13.7. The number of anilines is 1. The molecule has 1 amide bonds. The third kappa shape index (κ3) is 2.67. The number of aromatic hydroxyl groups is 1. The van der Waals surface area contributed by atoms with Crippen LogP contribution in [0.4, 0.5) is 5.69 Å². The number of rotatable bonds is 2. The third-order valence-electron chi connectivity index (χ3n) is 2.54. The minimum absolute atomic E-state index is 0.0570. The monoisotopic (exact) mass is 300 g/mol. The van der Waals surface area contributed by atoms with Crippen molar-refractivity contribution in [1.82, 2.24) is 5.16 Å². The lowest BCUT2D eigenvalue weighted by molar-refractivity contribution is 0.102. The quantitative estimate of drug-likeness (QED) is 0.832. The van der Waals surface area contributed by atoms with E-state index in [0.29, 0.717) is 22.0 Å². The number of nitrogens with zero attached hydrogens (tertiary/aromatic N) is 1. The number of benzene rings is 1. The molecule has 5 nitrogen and oxygen atoms in total. The molecule has 0 bridgehead atoms. The van der Waals surface area contributed by atoms with Crippen molar-refractivity contribution in [1.29, 1.82) is 0 Å². The number of hydrogen-bond donors (Lipinski definition) is 2. The van der Waals surface area contributed by atoms with Gasteiger partial charge >= 0.3 is 0 Å². The van der Waals surface area contributed by atoms with Crippen LogP contribution >= 0.6 is 23.2 Å². The lowest BCUT2D eigenvalue weighted by atomic mass is 10.2. The van der Waals surface area contributed by atoms with E-state index in [1.54, 1.807) is 13.8 Å². The summed E-state index contributed by atoms with van der Waals surface area (Å²) in [7, 11) is 0. The first-order valence-corrected chi connectivity index (χ1v) is 6.08. The SMILES string of the molecule is Cc1noc(C)c1C(=O)Nc1cc(Cl)cc(Cl)c1O. The number of carbonyl (C=O) groups is 1. The standard InChI is InChI=1S/C12H10Cl2N2O3/c1-5-10(6(2)19-16-5)12(18)15-9-4-7(13)3-8(14)11(9)17/h3-4,17H,1-2H3,(H,15,18). The number of phenolic OH excluding ortho intramolecular Hbond substituents is 1. The van der Waals surface area contributed by atoms with E-state index in [0.717, 1.165) is 0 Å². The molecule has 2 rings (SSSR count). The van der Waals surface area contributed by atoms with Crippen LogP contribution in [0, 0.1) is 13.8 Å². The second kappa shape index (κ2) is 5.11. The number of hydrogen-bond acceptors (Lipinski definition) is 4. The summed E-state index contributed by atoms with van der Waals surface area (Å²) < 4.78 is 4.91. The van der Waals surface area contributed by atoms with E-state index in [1.165, 1.54) is 12.1 Å². The van der Waals surface area contributed by atoms with E-state index in [4.69, 9.17) is 27.7 Å². The Labute approximate surface area is 119 Å². The van der Waals surface area contributed by atoms with Gasteiger partial charge in [-0.05, 0) is 26.0 Å². The van der Waals surface area contributed by atoms with Crippen LogP contribution in [0.25, 0.3) is 0 Å². The summed E-state index contributed by atoms with van der Waals surface area (Å²) >= 11 is 11.6. The maximum Gasteiger partial charge on any atom is 0.261 e. The number of phenols is 1. The average Bonchev–Trinajstić information content (AvgIpc) is 2.65. The normalized spacial score (nSPS) is 10.5. The molecule has 0 fully saturated rings. The summed E-state index contributed by atoms with van der Waals surface area (Å²) in [6.07, 6.45) is 0. The Morgan fingerprint density at radius 3 is 2.63 bits per heavy atom. The molecule has 0 spiro atoms. The molecular formula is C12H10Cl2N2O3. The zero-order valence-electron chi connectivity index (χ0n) is 10.1. The fourth-order valence-corrected chi connectivity index (χ4v) is 2.15. The van der Waals surface area contributed by atoms with Crippen LogP contribution in [0.15, 0.2) is 16.7 Å². The lowest BCUT2D eigenvalue weighted by Crippen LogP contribution is -2.13. The summed E-state index contributed by atoms with van der Waals surface area (Å²) in [5.74, 6) is -0.307. The molecule has 0 unspecified atom stereocenters. The highest BCUT2D eigenvalue weighted by Crippen LogP contribution is 2.35. The van der Waals surface area contributed by atoms with Crippen LogP contribution in [0.3, 0.4) is 0 Å². The summed E-state index contributed by atoms with van der Waals surface area (Å²) in [5, 5.41) is 16.3. The Morgan fingerprint density at radius 2 is 2.05 bits per heavy atom. The number of amides is 1. The predicted molar refractivity (Wildman–Crippen MR) is 72.1 cm³/mol. The fraction of sp³-hybridized carbons (Fsp3) is 0.167. The van der Waals surface area contributed by atoms with Gasteiger partial charge in [0.2, 0.25) is 0 Å². The highest BCUT2D eigenvalue weighted by molar-refractivity contribution is 6.36. The summed E-state index contributed by atoms with van der Waals surface area (Å²) in [6.45, 7) is 3.27. The Morgan fingerprint density at radius 1 is 1.37 bits per heavy atom. The van der Waals surface area contributed by atoms with Crippen LogP contribution in [-0.2, 0) is 0 Å². The molecule has 0 aliphatic carbocycles. The van der Waals surface area contributed by atoms with Crippen molar-refractivity contribution < 1.29 is 14.4 Å². The van der Waals surface area contributed by atoms with Gasteiger partial charge in [-0.25, -0.2) is 0 Å². The van der Waals surface area contributed by atoms with Gasteiger partial charge in [0.1, 0.15) is 11.3 Å². The van der Waals surface area contributed by atoms with Crippen LogP contribution in [-0.4, -0.2) is 16.2 Å². The smallest absolute Gasteiger partial charge is 0.261 e. The average molecular weight is 301 g/mol. The van der Waals surface area contributed by atoms with Gasteiger partial charge in [0, 0.05) is 5.02 Å². The van der Waals surface area contributed by atoms with Crippen molar-refractivity contribution in [2.75, 3.05) is 5.32 Å². The molecule has 0 saturated heterocycles. The molecule has 7 heteroatoms. The van der Waals surface area contributed by atoms with E-state index in [1.807, 2.05) is 0 Å². The molecular weight excluding hydrogens is 291 g/mol. The molecule has 0 aliphatic rings. The lowest BCUT2D eigenvalue weighted by Gasteiger charge is -2.08. The van der Waals surface area contributed by atoms with E-state index in [2.05, 4.69) is 10.5 Å². The van der Waals surface area contributed by atoms with Gasteiger partial charge in [-0.3, -0.25) is 4.79 Å². The Hall–Kier alpha value is -1.72. The number of aryl methyl sites for hydroxylation is 2. The molecule has 0 atom stereocenters. The Kier molecular flexibility index (Phi) is 3.68. The van der Waals surface area contributed by atoms with E-state index >= 15 is 0 Å². The first-order chi connectivity index (χ1) is 8.90. The molecule has 100 valence electrons. The number of halogens is 2. The molecule has 0 saturated carbocycles. The number of aromatic nitrogens is 1. The van der Waals surface area contributed by atoms with Crippen molar-refractivity contribution in [3.05, 3.63) is 39.2 Å². The second-order valence-corrected chi connectivity index (χ2v) is 4.78. The van der Waals surface area contributed by atoms with Gasteiger partial charge in [0.25, 0.3) is 5.91 Å². The predicted octanol–water partition coefficient (Wildman–Crippen LogP) is 3.56. The minimum Gasteiger partial charge on any atom is -0.504 e. The van der Waals surface area contributed by atoms with Crippen molar-refractivity contribution in [3.63, 3.8) is 0 Å². The summed E-state index contributed by atoms with van der Waals surface area (Å²) in [5.41, 5.74) is 0.903. The molecule has 2 N–H and O–H groups in total. The van der Waals surface area contributed by atoms with Gasteiger partial charge < -0.3 is 14.9 Å². The van der Waals surface area contributed by atoms with Crippen LogP contribution in [0.5, 0.6) is 5.75 Å². The minimum atomic E-state index is -0.454. The van der Waals surface area contributed by atoms with Crippen LogP contribution < -0.4 is 5.32 Å². The largest absolute Gasteiger partial charge is 0.504 e. The zero-order valence-corrected chi connectivity index (χ0v) is 11.6. The van der Waals surface area contributed by atoms with Crippen molar-refractivity contribution in [2.24, 2.45) is 0 Å². The topological polar surface area (TPSA) is 75.4 Å². The van der Waals surface area contributed by atoms with Gasteiger partial charge in [-0.2, -0.15) is 0 Å². The van der Waals surface area contributed by atoms with E-state index < -0.39 is 5.91 Å². The highest BCUT2D eigenvalue weighted by Gasteiger charge is 2.19. The third-order valence-corrected chi connectivity index (χ3v) is 3.04. The van der Waals surface area contributed by atoms with E-state index in [-0.39, 0.29) is 16.5 Å². The van der Waals surface area contributed by atoms with E-state index in [9.17, 15) is 9.90 Å². The van der Waals surface area contributed by atoms with Crippen LogP contribution in [0.1, 0.15) is 21.8 Å². The zero-order chi connectivity index (χ0) is 14.2. The highest BCUT2D eigenvalue weighted by atomic mass is 35.5. The van der Waals surface area contributed by atoms with Crippen molar-refractivity contribution in [3.8, 4) is 5.75 Å². The Balaban J connectivity index is 2.35. The number of nitrogens with one attached hydrogen (secondary N) is 1. The van der Waals surface area contributed by atoms with Gasteiger partial charge in [-0.1, -0.05) is 28.4 Å². The summed E-state index contributed by atoms with van der Waals surface area (Å²) in [6, 6.07) is 2.78. The molecule has 1 aromatic heterocycles. The molecule has 19 heavy (non-hydrogen) atoms. The fourth-order valence-electron chi connectivity index (χ4n) is 1.65. The Bertz CT molecular complexity index is 633. The summed E-state index contributed by atoms with van der Waals surface area (Å²) in [4.78, 5) is 12.1. The second-order valence-electron chi connectivity index (χ2n) is 3.94. The van der Waals surface area contributed by atoms with Gasteiger partial charge in [-0.15, -0.1) is 0 Å². The van der Waals surface area contributed by atoms with Crippen molar-refractivity contribution >= 4 is 34.8 Å². The van der Waals surface area contributed by atoms with Gasteiger partial charge in [0.15, 0.2) is 5.75 Å². The molecule has 0 radical (unpaired) electrons. The molecule has 1 aromatic carbocycles. The molecule has 2 aromatic rings. The molecule has 0 aliphatic heterocycles.